The lowest BCUT2D eigenvalue weighted by atomic mass is 10.1. The van der Waals surface area contributed by atoms with Crippen molar-refractivity contribution < 1.29 is 14.2 Å². The molecule has 0 unspecified atom stereocenters. The van der Waals surface area contributed by atoms with Gasteiger partial charge in [0.2, 0.25) is 0 Å². The van der Waals surface area contributed by atoms with E-state index in [0.717, 1.165) is 5.56 Å². The maximum absolute atomic E-state index is 13.1. The number of guanidine groups is 1. The molecular formula is C18H22FN3O2. The summed E-state index contributed by atoms with van der Waals surface area (Å²) in [6.07, 6.45) is 0.683. The Bertz CT molecular complexity index is 704. The van der Waals surface area contributed by atoms with Crippen LogP contribution in [0, 0.1) is 5.82 Å². The van der Waals surface area contributed by atoms with E-state index in [2.05, 4.69) is 15.6 Å². The van der Waals surface area contributed by atoms with Gasteiger partial charge in [-0.25, -0.2) is 4.39 Å². The predicted octanol–water partition coefficient (Wildman–Crippen LogP) is 2.45. The van der Waals surface area contributed by atoms with Gasteiger partial charge in [-0.15, -0.1) is 0 Å². The van der Waals surface area contributed by atoms with Crippen molar-refractivity contribution in [3.63, 3.8) is 0 Å². The number of hydrogen-bond donors (Lipinski definition) is 3. The number of nitrogens with one attached hydrogen (secondary N) is 2. The van der Waals surface area contributed by atoms with Crippen molar-refractivity contribution in [2.45, 2.75) is 13.0 Å². The third kappa shape index (κ3) is 5.15. The fourth-order valence-corrected chi connectivity index (χ4v) is 2.25. The first kappa shape index (κ1) is 17.6. The van der Waals surface area contributed by atoms with Crippen molar-refractivity contribution in [3.8, 4) is 11.5 Å². The van der Waals surface area contributed by atoms with Gasteiger partial charge < -0.3 is 20.5 Å². The number of phenolic OH excluding ortho intramolecular Hbond substituents is 1. The van der Waals surface area contributed by atoms with E-state index in [1.807, 2.05) is 6.07 Å². The molecule has 0 spiro atoms. The molecule has 2 aromatic carbocycles. The number of ether oxygens (including phenoxy) is 1. The predicted molar refractivity (Wildman–Crippen MR) is 93.0 cm³/mol. The Balaban J connectivity index is 1.84. The second-order valence-electron chi connectivity index (χ2n) is 5.23. The average Bonchev–Trinajstić information content (AvgIpc) is 2.59. The maximum atomic E-state index is 13.1. The molecule has 0 heterocycles. The molecule has 0 aliphatic carbocycles. The summed E-state index contributed by atoms with van der Waals surface area (Å²) in [5, 5.41) is 16.2. The molecule has 6 heteroatoms. The number of methoxy groups -OCH3 is 1. The summed E-state index contributed by atoms with van der Waals surface area (Å²) < 4.78 is 18.3. The summed E-state index contributed by atoms with van der Waals surface area (Å²) in [6, 6.07) is 11.6. The van der Waals surface area contributed by atoms with Gasteiger partial charge in [-0.2, -0.15) is 0 Å². The monoisotopic (exact) mass is 331 g/mol. The van der Waals surface area contributed by atoms with Crippen LogP contribution in [0.15, 0.2) is 47.5 Å². The fraction of sp³-hybridized carbons (Fsp3) is 0.278. The van der Waals surface area contributed by atoms with Gasteiger partial charge >= 0.3 is 0 Å². The smallest absolute Gasteiger partial charge is 0.191 e. The Kier molecular flexibility index (Phi) is 6.42. The Morgan fingerprint density at radius 1 is 1.21 bits per heavy atom. The molecule has 0 saturated carbocycles. The van der Waals surface area contributed by atoms with Crippen LogP contribution in [0.4, 0.5) is 4.39 Å². The van der Waals surface area contributed by atoms with Gasteiger partial charge in [0.15, 0.2) is 5.96 Å². The minimum absolute atomic E-state index is 0.193. The maximum Gasteiger partial charge on any atom is 0.191 e. The standard InChI is InChI=1S/C18H22FN3O2/c1-20-18(21-9-8-13-4-3-5-15(19)10-13)22-12-14-11-16(24-2)6-7-17(14)23/h3-7,10-11,23H,8-9,12H2,1-2H3,(H2,20,21,22). The summed E-state index contributed by atoms with van der Waals surface area (Å²) in [4.78, 5) is 4.13. The molecule has 128 valence electrons. The van der Waals surface area contributed by atoms with Gasteiger partial charge in [0.25, 0.3) is 0 Å². The van der Waals surface area contributed by atoms with E-state index < -0.39 is 0 Å². The highest BCUT2D eigenvalue weighted by Gasteiger charge is 2.05. The number of rotatable bonds is 6. The third-order valence-electron chi connectivity index (χ3n) is 3.55. The van der Waals surface area contributed by atoms with Crippen LogP contribution in [-0.2, 0) is 13.0 Å². The first-order chi connectivity index (χ1) is 11.6. The third-order valence-corrected chi connectivity index (χ3v) is 3.55. The van der Waals surface area contributed by atoms with Crippen molar-refractivity contribution in [3.05, 3.63) is 59.4 Å². The highest BCUT2D eigenvalue weighted by atomic mass is 19.1. The first-order valence-electron chi connectivity index (χ1n) is 7.67. The molecule has 0 aliphatic heterocycles. The molecule has 5 nitrogen and oxygen atoms in total. The van der Waals surface area contributed by atoms with E-state index in [0.29, 0.717) is 36.8 Å². The Labute approximate surface area is 141 Å². The molecule has 0 aromatic heterocycles. The van der Waals surface area contributed by atoms with Crippen LogP contribution in [0.5, 0.6) is 11.5 Å². The summed E-state index contributed by atoms with van der Waals surface area (Å²) in [5.41, 5.74) is 1.63. The largest absolute Gasteiger partial charge is 0.508 e. The zero-order valence-electron chi connectivity index (χ0n) is 13.8. The minimum Gasteiger partial charge on any atom is -0.508 e. The second-order valence-corrected chi connectivity index (χ2v) is 5.23. The zero-order valence-corrected chi connectivity index (χ0v) is 13.8. The van der Waals surface area contributed by atoms with E-state index >= 15 is 0 Å². The molecular weight excluding hydrogens is 309 g/mol. The lowest BCUT2D eigenvalue weighted by molar-refractivity contribution is 0.410. The molecule has 0 bridgehead atoms. The molecule has 3 N–H and O–H groups in total. The van der Waals surface area contributed by atoms with Gasteiger partial charge in [-0.05, 0) is 42.3 Å². The second kappa shape index (κ2) is 8.76. The van der Waals surface area contributed by atoms with Crippen LogP contribution in [0.25, 0.3) is 0 Å². The van der Waals surface area contributed by atoms with Crippen LogP contribution in [-0.4, -0.2) is 31.8 Å². The molecule has 24 heavy (non-hydrogen) atoms. The molecule has 0 amide bonds. The minimum atomic E-state index is -0.233. The molecule has 0 aliphatic rings. The van der Waals surface area contributed by atoms with Gasteiger partial charge in [-0.3, -0.25) is 4.99 Å². The van der Waals surface area contributed by atoms with E-state index in [1.54, 1.807) is 38.4 Å². The van der Waals surface area contributed by atoms with Gasteiger partial charge in [0, 0.05) is 25.7 Å². The van der Waals surface area contributed by atoms with E-state index in [4.69, 9.17) is 4.74 Å². The van der Waals surface area contributed by atoms with Crippen molar-refractivity contribution in [2.75, 3.05) is 20.7 Å². The van der Waals surface area contributed by atoms with E-state index in [1.165, 1.54) is 12.1 Å². The number of aliphatic imine (C=N–C) groups is 1. The van der Waals surface area contributed by atoms with E-state index in [9.17, 15) is 9.50 Å². The molecule has 0 saturated heterocycles. The van der Waals surface area contributed by atoms with Crippen molar-refractivity contribution in [2.24, 2.45) is 4.99 Å². The zero-order chi connectivity index (χ0) is 17.4. The molecule has 0 atom stereocenters. The quantitative estimate of drug-likeness (QED) is 0.562. The number of phenols is 1. The van der Waals surface area contributed by atoms with Gasteiger partial charge in [0.1, 0.15) is 17.3 Å². The lowest BCUT2D eigenvalue weighted by Gasteiger charge is -2.13. The van der Waals surface area contributed by atoms with Crippen LogP contribution in [0.2, 0.25) is 0 Å². The lowest BCUT2D eigenvalue weighted by Crippen LogP contribution is -2.37. The van der Waals surface area contributed by atoms with Gasteiger partial charge in [-0.1, -0.05) is 12.1 Å². The number of halogens is 1. The number of aromatic hydroxyl groups is 1. The van der Waals surface area contributed by atoms with Crippen LogP contribution in [0.1, 0.15) is 11.1 Å². The number of benzene rings is 2. The summed E-state index contributed by atoms with van der Waals surface area (Å²) in [5.74, 6) is 1.24. The van der Waals surface area contributed by atoms with E-state index in [-0.39, 0.29) is 11.6 Å². The number of hydrogen-bond acceptors (Lipinski definition) is 3. The Morgan fingerprint density at radius 3 is 2.75 bits per heavy atom. The SMILES string of the molecule is CN=C(NCCc1cccc(F)c1)NCc1cc(OC)ccc1O. The summed E-state index contributed by atoms with van der Waals surface area (Å²) in [7, 11) is 3.25. The highest BCUT2D eigenvalue weighted by Crippen LogP contribution is 2.22. The molecule has 2 aromatic rings. The van der Waals surface area contributed by atoms with Crippen LogP contribution in [0.3, 0.4) is 0 Å². The highest BCUT2D eigenvalue weighted by molar-refractivity contribution is 5.79. The Morgan fingerprint density at radius 2 is 2.04 bits per heavy atom. The molecule has 0 radical (unpaired) electrons. The van der Waals surface area contributed by atoms with Crippen molar-refractivity contribution in [1.82, 2.24) is 10.6 Å². The first-order valence-corrected chi connectivity index (χ1v) is 7.67. The normalized spacial score (nSPS) is 11.2. The summed E-state index contributed by atoms with van der Waals surface area (Å²) >= 11 is 0. The molecule has 0 fully saturated rings. The van der Waals surface area contributed by atoms with Crippen molar-refractivity contribution in [1.29, 1.82) is 0 Å². The van der Waals surface area contributed by atoms with Crippen molar-refractivity contribution >= 4 is 5.96 Å². The van der Waals surface area contributed by atoms with Crippen LogP contribution >= 0.6 is 0 Å². The average molecular weight is 331 g/mol. The number of nitrogens with zero attached hydrogens (tertiary/aromatic N) is 1. The molecule has 2 rings (SSSR count). The fourth-order valence-electron chi connectivity index (χ4n) is 2.25. The Hall–Kier alpha value is -2.76. The van der Waals surface area contributed by atoms with Crippen LogP contribution < -0.4 is 15.4 Å². The topological polar surface area (TPSA) is 65.9 Å². The summed E-state index contributed by atoms with van der Waals surface area (Å²) in [6.45, 7) is 1.02. The van der Waals surface area contributed by atoms with Gasteiger partial charge in [0.05, 0.1) is 7.11 Å².